The highest BCUT2D eigenvalue weighted by Gasteiger charge is 2.40. The molecule has 0 spiro atoms. The molecular weight excluding hydrogens is 340 g/mol. The van der Waals surface area contributed by atoms with E-state index in [-0.39, 0.29) is 23.6 Å². The molecule has 0 aromatic carbocycles. The smallest absolute Gasteiger partial charge is 0.386 e. The molecule has 3 rings (SSSR count). The monoisotopic (exact) mass is 356 g/mol. The zero-order chi connectivity index (χ0) is 17.5. The SMILES string of the molecule is [B][P+]1(O)OC[C@H](C)O[C@@H](n2c(=O)[nH]c3c(N)ncnc32)[C@@H](O)CO1. The number of nitrogens with one attached hydrogen (secondary N) is 1. The van der Waals surface area contributed by atoms with Gasteiger partial charge < -0.3 is 20.6 Å². The van der Waals surface area contributed by atoms with Gasteiger partial charge in [-0.15, -0.1) is 0 Å². The van der Waals surface area contributed by atoms with Crippen LogP contribution >= 0.6 is 7.82 Å². The molecule has 2 aromatic heterocycles. The average molecular weight is 356 g/mol. The molecule has 1 aliphatic rings. The quantitative estimate of drug-likeness (QED) is 0.366. The number of rotatable bonds is 1. The minimum atomic E-state index is -3.56. The van der Waals surface area contributed by atoms with E-state index in [1.807, 2.05) is 0 Å². The van der Waals surface area contributed by atoms with Crippen LogP contribution in [0.4, 0.5) is 5.82 Å². The Bertz CT molecular complexity index is 797. The number of nitrogens with two attached hydrogens (primary N) is 1. The van der Waals surface area contributed by atoms with Crippen LogP contribution in [0.25, 0.3) is 11.2 Å². The molecule has 128 valence electrons. The third-order valence-electron chi connectivity index (χ3n) is 3.42. The molecule has 0 amide bonds. The third kappa shape index (κ3) is 3.29. The van der Waals surface area contributed by atoms with Gasteiger partial charge in [0, 0.05) is 0 Å². The predicted molar refractivity (Wildman–Crippen MR) is 84.9 cm³/mol. The van der Waals surface area contributed by atoms with E-state index < -0.39 is 38.6 Å². The fourth-order valence-corrected chi connectivity index (χ4v) is 3.17. The summed E-state index contributed by atoms with van der Waals surface area (Å²) in [5.41, 5.74) is 5.52. The first-order chi connectivity index (χ1) is 11.3. The number of hydrogen-bond donors (Lipinski definition) is 4. The Kier molecular flexibility index (Phi) is 4.60. The first kappa shape index (κ1) is 17.3. The van der Waals surface area contributed by atoms with E-state index in [2.05, 4.69) is 15.0 Å². The fourth-order valence-electron chi connectivity index (χ4n) is 2.31. The zero-order valence-electron chi connectivity index (χ0n) is 12.7. The molecule has 3 heterocycles. The van der Waals surface area contributed by atoms with Crippen LogP contribution in [0.3, 0.4) is 0 Å². The Morgan fingerprint density at radius 3 is 2.92 bits per heavy atom. The van der Waals surface area contributed by atoms with Gasteiger partial charge in [0.1, 0.15) is 31.2 Å². The number of aliphatic hydroxyl groups is 1. The Balaban J connectivity index is 2.05. The molecule has 13 heteroatoms. The normalized spacial score (nSPS) is 32.2. The van der Waals surface area contributed by atoms with Gasteiger partial charge >= 0.3 is 21.1 Å². The van der Waals surface area contributed by atoms with Crippen molar-refractivity contribution < 1.29 is 23.8 Å². The highest BCUT2D eigenvalue weighted by molar-refractivity contribution is 7.85. The summed E-state index contributed by atoms with van der Waals surface area (Å²) >= 11 is 0. The Morgan fingerprint density at radius 2 is 2.17 bits per heavy atom. The number of H-pyrrole nitrogens is 1. The van der Waals surface area contributed by atoms with Crippen LogP contribution in [0.2, 0.25) is 0 Å². The molecule has 1 saturated heterocycles. The van der Waals surface area contributed by atoms with Crippen molar-refractivity contribution in [3.05, 3.63) is 16.8 Å². The lowest BCUT2D eigenvalue weighted by atomic mass is 10.3. The maximum atomic E-state index is 12.3. The van der Waals surface area contributed by atoms with E-state index in [1.165, 1.54) is 6.33 Å². The standard InChI is InChI=1S/C11H16BN5O6P/c1-5-2-21-24(12,20)22-3-6(18)10(23-5)17-9-7(16-11(17)19)8(13)14-4-15-9/h4-6,10,18,20H,2-3H2,1H3,(H,16,19)(H2,13,14,15)/q+1/t5-,6-,10+,24?/m0/s1. The van der Waals surface area contributed by atoms with Crippen LogP contribution in [-0.2, 0) is 13.8 Å². The lowest BCUT2D eigenvalue weighted by Gasteiger charge is -2.24. The molecule has 0 saturated carbocycles. The molecule has 1 unspecified atom stereocenters. The number of ether oxygens (including phenoxy) is 1. The number of hydrogen-bond acceptors (Lipinski definition) is 9. The van der Waals surface area contributed by atoms with Gasteiger partial charge in [0.2, 0.25) is 0 Å². The highest BCUT2D eigenvalue weighted by Crippen LogP contribution is 2.52. The minimum absolute atomic E-state index is 0.0851. The van der Waals surface area contributed by atoms with E-state index in [1.54, 1.807) is 6.92 Å². The molecule has 0 bridgehead atoms. The van der Waals surface area contributed by atoms with Gasteiger partial charge in [-0.05, 0) is 6.92 Å². The summed E-state index contributed by atoms with van der Waals surface area (Å²) in [6.45, 7) is 1.14. The number of imidazole rings is 1. The Labute approximate surface area is 137 Å². The number of anilines is 1. The summed E-state index contributed by atoms with van der Waals surface area (Å²) in [5.74, 6) is 0.0864. The van der Waals surface area contributed by atoms with E-state index >= 15 is 0 Å². The molecule has 2 aromatic rings. The maximum Gasteiger partial charge on any atom is 0.488 e. The number of nitrogen functional groups attached to an aromatic ring is 1. The van der Waals surface area contributed by atoms with E-state index in [4.69, 9.17) is 27.1 Å². The maximum absolute atomic E-state index is 12.3. The second-order valence-electron chi connectivity index (χ2n) is 5.32. The Morgan fingerprint density at radius 1 is 1.46 bits per heavy atom. The molecule has 0 aliphatic carbocycles. The van der Waals surface area contributed by atoms with Crippen molar-refractivity contribution in [2.24, 2.45) is 0 Å². The fraction of sp³-hybridized carbons (Fsp3) is 0.545. The van der Waals surface area contributed by atoms with Crippen molar-refractivity contribution in [1.82, 2.24) is 19.5 Å². The second kappa shape index (κ2) is 6.39. The molecule has 2 radical (unpaired) electrons. The van der Waals surface area contributed by atoms with E-state index in [0.29, 0.717) is 0 Å². The van der Waals surface area contributed by atoms with Crippen LogP contribution in [0.1, 0.15) is 13.2 Å². The lowest BCUT2D eigenvalue weighted by Crippen LogP contribution is -2.37. The third-order valence-corrected chi connectivity index (χ3v) is 4.45. The van der Waals surface area contributed by atoms with Gasteiger partial charge in [-0.2, -0.15) is 9.05 Å². The van der Waals surface area contributed by atoms with Crippen molar-refractivity contribution >= 4 is 32.4 Å². The van der Waals surface area contributed by atoms with Gasteiger partial charge in [-0.25, -0.2) is 24.2 Å². The lowest BCUT2D eigenvalue weighted by molar-refractivity contribution is -0.122. The van der Waals surface area contributed by atoms with Gasteiger partial charge in [0.05, 0.1) is 6.10 Å². The van der Waals surface area contributed by atoms with E-state index in [9.17, 15) is 14.8 Å². The number of nitrogens with zero attached hydrogens (tertiary/aromatic N) is 3. The van der Waals surface area contributed by atoms with Gasteiger partial charge in [-0.1, -0.05) is 0 Å². The summed E-state index contributed by atoms with van der Waals surface area (Å²) in [4.78, 5) is 32.4. The number of fused-ring (bicyclic) bond motifs is 1. The molecule has 1 aliphatic heterocycles. The molecular formula is C11H16BN5O6P+. The average Bonchev–Trinajstić information content (AvgIpc) is 2.87. The van der Waals surface area contributed by atoms with Crippen LogP contribution < -0.4 is 11.4 Å². The highest BCUT2D eigenvalue weighted by atomic mass is 31.2. The van der Waals surface area contributed by atoms with Crippen molar-refractivity contribution in [2.75, 3.05) is 18.9 Å². The van der Waals surface area contributed by atoms with Gasteiger partial charge in [-0.3, -0.25) is 0 Å². The van der Waals surface area contributed by atoms with Crippen molar-refractivity contribution in [2.45, 2.75) is 25.4 Å². The molecule has 1 fully saturated rings. The first-order valence-electron chi connectivity index (χ1n) is 7.02. The van der Waals surface area contributed by atoms with Crippen LogP contribution in [0.5, 0.6) is 0 Å². The largest absolute Gasteiger partial charge is 0.488 e. The summed E-state index contributed by atoms with van der Waals surface area (Å²) in [5, 5.41) is 10.4. The van der Waals surface area contributed by atoms with E-state index in [0.717, 1.165) is 4.57 Å². The summed E-state index contributed by atoms with van der Waals surface area (Å²) < 4.78 is 16.9. The van der Waals surface area contributed by atoms with Crippen LogP contribution in [-0.4, -0.2) is 62.5 Å². The zero-order valence-corrected chi connectivity index (χ0v) is 13.6. The van der Waals surface area contributed by atoms with Gasteiger partial charge in [0.25, 0.3) is 0 Å². The molecule has 5 N–H and O–H groups in total. The topological polar surface area (TPSA) is 158 Å². The minimum Gasteiger partial charge on any atom is -0.386 e. The van der Waals surface area contributed by atoms with Crippen molar-refractivity contribution in [1.29, 1.82) is 0 Å². The van der Waals surface area contributed by atoms with Crippen LogP contribution in [0.15, 0.2) is 11.1 Å². The number of aromatic amines is 1. The molecule has 11 nitrogen and oxygen atoms in total. The van der Waals surface area contributed by atoms with Crippen LogP contribution in [0, 0.1) is 0 Å². The van der Waals surface area contributed by atoms with Crippen molar-refractivity contribution in [3.63, 3.8) is 0 Å². The summed E-state index contributed by atoms with van der Waals surface area (Å²) in [6, 6.07) is 0. The summed E-state index contributed by atoms with van der Waals surface area (Å²) in [6.07, 6.45) is -1.89. The first-order valence-corrected chi connectivity index (χ1v) is 8.67. The number of aliphatic hydroxyl groups excluding tert-OH is 1. The molecule has 24 heavy (non-hydrogen) atoms. The van der Waals surface area contributed by atoms with Gasteiger partial charge in [0.15, 0.2) is 17.7 Å². The number of aromatic nitrogens is 4. The molecule has 4 atom stereocenters. The second-order valence-corrected chi connectivity index (χ2v) is 6.96. The Hall–Kier alpha value is -1.56. The summed E-state index contributed by atoms with van der Waals surface area (Å²) in [7, 11) is 1.93. The predicted octanol–water partition coefficient (Wildman–Crippen LogP) is -1.15. The van der Waals surface area contributed by atoms with Crippen molar-refractivity contribution in [3.8, 4) is 0 Å².